The molecule has 0 atom stereocenters. The molecule has 4 N–H and O–H groups in total. The number of urea groups is 1. The maximum absolute atomic E-state index is 12.4. The van der Waals surface area contributed by atoms with Gasteiger partial charge in [0.2, 0.25) is 5.75 Å². The molecule has 0 spiro atoms. The number of carbonyl (C=O) groups excluding carboxylic acids is 1. The van der Waals surface area contributed by atoms with E-state index in [0.29, 0.717) is 45.7 Å². The van der Waals surface area contributed by atoms with Crippen molar-refractivity contribution in [1.82, 2.24) is 20.3 Å². The molecule has 180 valence electrons. The first-order valence-corrected chi connectivity index (χ1v) is 11.1. The van der Waals surface area contributed by atoms with Crippen LogP contribution in [0.2, 0.25) is 0 Å². The number of aromatic nitrogens is 3. The molecule has 3 aromatic rings. The Morgan fingerprint density at radius 2 is 1.68 bits per heavy atom. The third-order valence-electron chi connectivity index (χ3n) is 5.76. The third kappa shape index (κ3) is 5.37. The molecule has 11 heteroatoms. The summed E-state index contributed by atoms with van der Waals surface area (Å²) in [4.78, 5) is 27.3. The number of quaternary nitrogens is 1. The Labute approximate surface area is 197 Å². The highest BCUT2D eigenvalue weighted by molar-refractivity contribution is 5.89. The van der Waals surface area contributed by atoms with Crippen molar-refractivity contribution in [3.63, 3.8) is 0 Å². The van der Waals surface area contributed by atoms with Crippen molar-refractivity contribution in [1.29, 1.82) is 0 Å². The van der Waals surface area contributed by atoms with Crippen LogP contribution in [0.15, 0.2) is 30.5 Å². The van der Waals surface area contributed by atoms with Crippen molar-refractivity contribution in [3.8, 4) is 17.2 Å². The summed E-state index contributed by atoms with van der Waals surface area (Å²) in [6.45, 7) is 2.10. The fourth-order valence-electron chi connectivity index (χ4n) is 3.92. The van der Waals surface area contributed by atoms with Crippen molar-refractivity contribution in [2.24, 2.45) is 0 Å². The molecule has 1 fully saturated rings. The molecule has 1 aliphatic rings. The molecule has 0 aliphatic carbocycles. The van der Waals surface area contributed by atoms with Gasteiger partial charge in [0.05, 0.1) is 47.7 Å². The van der Waals surface area contributed by atoms with Gasteiger partial charge in [-0.25, -0.2) is 19.7 Å². The zero-order chi connectivity index (χ0) is 24.1. The number of ether oxygens (including phenoxy) is 3. The van der Waals surface area contributed by atoms with Gasteiger partial charge in [0.1, 0.15) is 11.3 Å². The number of pyridine rings is 1. The summed E-state index contributed by atoms with van der Waals surface area (Å²) in [5.41, 5.74) is 1.69. The molecule has 1 aliphatic heterocycles. The fourth-order valence-corrected chi connectivity index (χ4v) is 3.92. The number of nitrogens with one attached hydrogen (secondary N) is 4. The molecular formula is C23H30N7O4+. The largest absolute Gasteiger partial charge is 0.493 e. The highest BCUT2D eigenvalue weighted by Gasteiger charge is 2.21. The number of carbonyl (C=O) groups is 1. The maximum atomic E-state index is 12.4. The van der Waals surface area contributed by atoms with Gasteiger partial charge in [-0.15, -0.1) is 0 Å². The second-order valence-corrected chi connectivity index (χ2v) is 8.16. The molecular weight excluding hydrogens is 438 g/mol. The van der Waals surface area contributed by atoms with E-state index in [0.717, 1.165) is 25.9 Å². The lowest BCUT2D eigenvalue weighted by Crippen LogP contribution is -3.10. The SMILES string of the molecule is COc1cc(Nc2cnc3ccc(NC(=O)NC4CC[NH+](C)CC4)nc3n2)cc(OC)c1OC. The first-order valence-electron chi connectivity index (χ1n) is 11.1. The van der Waals surface area contributed by atoms with Crippen LogP contribution in [0.4, 0.5) is 22.1 Å². The molecule has 3 heterocycles. The van der Waals surface area contributed by atoms with Gasteiger partial charge in [-0.3, -0.25) is 5.32 Å². The van der Waals surface area contributed by atoms with Crippen molar-refractivity contribution in [2.75, 3.05) is 52.1 Å². The van der Waals surface area contributed by atoms with E-state index < -0.39 is 0 Å². The minimum Gasteiger partial charge on any atom is -0.493 e. The van der Waals surface area contributed by atoms with Gasteiger partial charge >= 0.3 is 6.03 Å². The molecule has 0 bridgehead atoms. The summed E-state index contributed by atoms with van der Waals surface area (Å²) >= 11 is 0. The Hall–Kier alpha value is -3.86. The number of nitrogens with zero attached hydrogens (tertiary/aromatic N) is 3. The van der Waals surface area contributed by atoms with Gasteiger partial charge in [0, 0.05) is 36.7 Å². The second-order valence-electron chi connectivity index (χ2n) is 8.16. The number of rotatable bonds is 7. The second kappa shape index (κ2) is 10.4. The smallest absolute Gasteiger partial charge is 0.320 e. The van der Waals surface area contributed by atoms with Crippen LogP contribution in [0, 0.1) is 0 Å². The Kier molecular flexibility index (Phi) is 7.12. The van der Waals surface area contributed by atoms with E-state index >= 15 is 0 Å². The highest BCUT2D eigenvalue weighted by atomic mass is 16.5. The molecule has 0 unspecified atom stereocenters. The van der Waals surface area contributed by atoms with Gasteiger partial charge in [-0.05, 0) is 12.1 Å². The summed E-state index contributed by atoms with van der Waals surface area (Å²) in [5.74, 6) is 2.41. The summed E-state index contributed by atoms with van der Waals surface area (Å²) in [5, 5.41) is 9.01. The number of fused-ring (bicyclic) bond motifs is 1. The lowest BCUT2D eigenvalue weighted by atomic mass is 10.1. The molecule has 0 saturated carbocycles. The number of methoxy groups -OCH3 is 3. The van der Waals surface area contributed by atoms with E-state index in [4.69, 9.17) is 14.2 Å². The van der Waals surface area contributed by atoms with Crippen LogP contribution in [0.25, 0.3) is 11.2 Å². The minimum absolute atomic E-state index is 0.179. The summed E-state index contributed by atoms with van der Waals surface area (Å²) < 4.78 is 16.2. The monoisotopic (exact) mass is 468 g/mol. The van der Waals surface area contributed by atoms with Crippen LogP contribution in [0.3, 0.4) is 0 Å². The average molecular weight is 469 g/mol. The Bertz CT molecular complexity index is 1140. The van der Waals surface area contributed by atoms with E-state index in [1.807, 2.05) is 0 Å². The number of anilines is 3. The standard InChI is InChI=1S/C23H29N7O4/c1-30-9-7-14(8-10-30)26-23(31)29-19-6-5-16-22(27-19)28-20(13-24-16)25-15-11-17(32-2)21(34-4)18(12-15)33-3/h5-6,11-14H,7-10H2,1-4H3,(H3,25,26,27,28,29,31)/p+1. The predicted octanol–water partition coefficient (Wildman–Crippen LogP) is 1.59. The lowest BCUT2D eigenvalue weighted by molar-refractivity contribution is -0.884. The summed E-state index contributed by atoms with van der Waals surface area (Å²) in [7, 11) is 6.83. The van der Waals surface area contributed by atoms with Crippen molar-refractivity contribution in [2.45, 2.75) is 18.9 Å². The molecule has 0 radical (unpaired) electrons. The number of amides is 2. The van der Waals surface area contributed by atoms with Crippen molar-refractivity contribution >= 4 is 34.5 Å². The maximum Gasteiger partial charge on any atom is 0.320 e. The van der Waals surface area contributed by atoms with Crippen molar-refractivity contribution in [3.05, 3.63) is 30.5 Å². The zero-order valence-electron chi connectivity index (χ0n) is 19.8. The van der Waals surface area contributed by atoms with Crippen LogP contribution in [-0.2, 0) is 0 Å². The third-order valence-corrected chi connectivity index (χ3v) is 5.76. The number of likely N-dealkylation sites (tertiary alicyclic amines) is 1. The number of piperidine rings is 1. The van der Waals surface area contributed by atoms with Gasteiger partial charge < -0.3 is 29.7 Å². The molecule has 2 amide bonds. The average Bonchev–Trinajstić information content (AvgIpc) is 2.84. The van der Waals surface area contributed by atoms with Gasteiger partial charge in [-0.2, -0.15) is 0 Å². The molecule has 1 aromatic carbocycles. The molecule has 34 heavy (non-hydrogen) atoms. The van der Waals surface area contributed by atoms with E-state index in [9.17, 15) is 4.79 Å². The number of hydrogen-bond donors (Lipinski definition) is 4. The first-order chi connectivity index (χ1) is 16.5. The highest BCUT2D eigenvalue weighted by Crippen LogP contribution is 2.40. The lowest BCUT2D eigenvalue weighted by Gasteiger charge is -2.27. The van der Waals surface area contributed by atoms with Crippen LogP contribution in [-0.4, -0.2) is 68.5 Å². The zero-order valence-corrected chi connectivity index (χ0v) is 19.8. The van der Waals surface area contributed by atoms with E-state index in [2.05, 4.69) is 37.9 Å². The van der Waals surface area contributed by atoms with Gasteiger partial charge in [-0.1, -0.05) is 0 Å². The Morgan fingerprint density at radius 1 is 1.00 bits per heavy atom. The van der Waals surface area contributed by atoms with Crippen LogP contribution >= 0.6 is 0 Å². The van der Waals surface area contributed by atoms with Crippen molar-refractivity contribution < 1.29 is 23.9 Å². The molecule has 11 nitrogen and oxygen atoms in total. The topological polar surface area (TPSA) is 124 Å². The first kappa shape index (κ1) is 23.3. The van der Waals surface area contributed by atoms with Crippen LogP contribution in [0.5, 0.6) is 17.2 Å². The van der Waals surface area contributed by atoms with E-state index in [-0.39, 0.29) is 12.1 Å². The van der Waals surface area contributed by atoms with Crippen LogP contribution < -0.4 is 35.1 Å². The number of hydrogen-bond acceptors (Lipinski definition) is 8. The van der Waals surface area contributed by atoms with Gasteiger partial charge in [0.25, 0.3) is 0 Å². The number of benzene rings is 1. The fraction of sp³-hybridized carbons (Fsp3) is 0.391. The normalized spacial score (nSPS) is 17.6. The summed E-state index contributed by atoms with van der Waals surface area (Å²) in [6, 6.07) is 6.93. The summed E-state index contributed by atoms with van der Waals surface area (Å²) in [6.07, 6.45) is 3.53. The quantitative estimate of drug-likeness (QED) is 0.412. The predicted molar refractivity (Wildman–Crippen MR) is 129 cm³/mol. The van der Waals surface area contributed by atoms with E-state index in [1.165, 1.54) is 4.90 Å². The van der Waals surface area contributed by atoms with Gasteiger partial charge in [0.15, 0.2) is 23.0 Å². The Morgan fingerprint density at radius 3 is 2.32 bits per heavy atom. The molecule has 4 rings (SSSR count). The Balaban J connectivity index is 1.49. The van der Waals surface area contributed by atoms with Crippen LogP contribution in [0.1, 0.15) is 12.8 Å². The van der Waals surface area contributed by atoms with E-state index in [1.54, 1.807) is 51.8 Å². The molecule has 1 saturated heterocycles. The minimum atomic E-state index is -0.268. The molecule has 2 aromatic heterocycles.